The van der Waals surface area contributed by atoms with Crippen LogP contribution in [0.3, 0.4) is 0 Å². The van der Waals surface area contributed by atoms with Crippen molar-refractivity contribution in [2.24, 2.45) is 0 Å². The topological polar surface area (TPSA) is 35.0 Å². The number of halogens is 3. The maximum absolute atomic E-state index is 5.58. The summed E-state index contributed by atoms with van der Waals surface area (Å²) in [6.45, 7) is 2.09. The lowest BCUT2D eigenvalue weighted by Crippen LogP contribution is -2.07. The van der Waals surface area contributed by atoms with E-state index in [9.17, 15) is 0 Å². The van der Waals surface area contributed by atoms with Gasteiger partial charge >= 0.3 is 6.00 Å². The van der Waals surface area contributed by atoms with Crippen LogP contribution in [0.5, 0.6) is 0 Å². The van der Waals surface area contributed by atoms with Gasteiger partial charge in [-0.2, -0.15) is 0 Å². The van der Waals surface area contributed by atoms with Gasteiger partial charge in [-0.25, -0.2) is 0 Å². The molecule has 58 valence electrons. The molecule has 1 nitrogen and oxygen atoms in total. The zero-order valence-electron chi connectivity index (χ0n) is 5.46. The van der Waals surface area contributed by atoms with Crippen LogP contribution in [-0.2, 0) is 0 Å². The summed E-state index contributed by atoms with van der Waals surface area (Å²) < 4.78 is 0. The minimum absolute atomic E-state index is 0. The summed E-state index contributed by atoms with van der Waals surface area (Å²) in [5.74, 6) is 0. The molecule has 0 rings (SSSR count). The van der Waals surface area contributed by atoms with Crippen molar-refractivity contribution in [3.8, 4) is 0 Å². The Kier molecular flexibility index (Phi) is 8.19. The molecule has 0 amide bonds. The van der Waals surface area contributed by atoms with Crippen LogP contribution < -0.4 is 6.15 Å². The van der Waals surface area contributed by atoms with Gasteiger partial charge in [-0.1, -0.05) is 19.8 Å². The van der Waals surface area contributed by atoms with E-state index in [1.54, 1.807) is 0 Å². The Hall–Kier alpha value is 1.05. The Labute approximate surface area is 71.4 Å². The molecule has 0 bridgehead atoms. The lowest BCUT2D eigenvalue weighted by atomic mass is 10.4. The highest BCUT2D eigenvalue weighted by Crippen LogP contribution is 2.26. The smallest absolute Gasteiger partial charge is 0.341 e. The first-order chi connectivity index (χ1) is 3.56. The normalized spacial score (nSPS) is 10.7. The van der Waals surface area contributed by atoms with Gasteiger partial charge in [0.15, 0.2) is 0 Å². The van der Waals surface area contributed by atoms with Gasteiger partial charge in [-0.05, 0) is 6.04 Å². The highest BCUT2D eigenvalue weighted by atomic mass is 35.8. The van der Waals surface area contributed by atoms with E-state index >= 15 is 0 Å². The molecular formula is C4H12Cl3NSi. The largest absolute Gasteiger partial charge is 0.344 e. The van der Waals surface area contributed by atoms with Gasteiger partial charge < -0.3 is 6.15 Å². The van der Waals surface area contributed by atoms with Gasteiger partial charge in [-0.15, -0.1) is 33.2 Å². The zero-order chi connectivity index (χ0) is 6.62. The fourth-order valence-electron chi connectivity index (χ4n) is 0.377. The third-order valence-corrected chi connectivity index (χ3v) is 3.44. The average molecular weight is 209 g/mol. The number of hydrogen-bond donors (Lipinski definition) is 1. The molecule has 5 heteroatoms. The van der Waals surface area contributed by atoms with Crippen molar-refractivity contribution in [3.63, 3.8) is 0 Å². The lowest BCUT2D eigenvalue weighted by molar-refractivity contribution is 0.879. The second-order valence-corrected chi connectivity index (χ2v) is 11.0. The molecule has 0 saturated carbocycles. The van der Waals surface area contributed by atoms with E-state index in [-0.39, 0.29) is 6.15 Å². The Morgan fingerprint density at radius 1 is 1.22 bits per heavy atom. The minimum atomic E-state index is -2.26. The molecule has 0 aromatic carbocycles. The summed E-state index contributed by atoms with van der Waals surface area (Å²) in [4.78, 5) is 0. The third kappa shape index (κ3) is 12.3. The summed E-state index contributed by atoms with van der Waals surface area (Å²) in [5.41, 5.74) is 0. The second-order valence-electron chi connectivity index (χ2n) is 1.72. The minimum Gasteiger partial charge on any atom is -0.344 e. The first kappa shape index (κ1) is 12.7. The number of hydrogen-bond acceptors (Lipinski definition) is 1. The molecule has 9 heavy (non-hydrogen) atoms. The SMILES string of the molecule is CCCC[Si](Cl)(Cl)Cl.N. The van der Waals surface area contributed by atoms with Crippen LogP contribution in [0.25, 0.3) is 0 Å². The monoisotopic (exact) mass is 207 g/mol. The third-order valence-electron chi connectivity index (χ3n) is 0.814. The van der Waals surface area contributed by atoms with Crippen molar-refractivity contribution in [2.45, 2.75) is 25.8 Å². The Bertz CT molecular complexity index is 63.3. The molecule has 0 aliphatic rings. The fourth-order valence-corrected chi connectivity index (χ4v) is 2.33. The molecule has 0 fully saturated rings. The highest BCUT2D eigenvalue weighted by molar-refractivity contribution is 7.64. The Balaban J connectivity index is 0. The molecular weight excluding hydrogens is 196 g/mol. The van der Waals surface area contributed by atoms with Crippen LogP contribution in [0, 0.1) is 0 Å². The molecule has 0 aromatic rings. The molecule has 0 heterocycles. The summed E-state index contributed by atoms with van der Waals surface area (Å²) in [6.07, 6.45) is 2.16. The maximum atomic E-state index is 5.58. The van der Waals surface area contributed by atoms with Gasteiger partial charge in [0.25, 0.3) is 0 Å². The molecule has 0 spiro atoms. The van der Waals surface area contributed by atoms with Crippen LogP contribution in [0.4, 0.5) is 0 Å². The lowest BCUT2D eigenvalue weighted by Gasteiger charge is -2.03. The van der Waals surface area contributed by atoms with Crippen LogP contribution in [0.15, 0.2) is 0 Å². The average Bonchev–Trinajstić information content (AvgIpc) is 1.59. The van der Waals surface area contributed by atoms with E-state index in [1.807, 2.05) is 0 Å². The predicted octanol–water partition coefficient (Wildman–Crippen LogP) is 3.60. The van der Waals surface area contributed by atoms with Crippen molar-refractivity contribution in [2.75, 3.05) is 0 Å². The molecule has 0 aliphatic heterocycles. The summed E-state index contributed by atoms with van der Waals surface area (Å²) in [6, 6.07) is -1.46. The van der Waals surface area contributed by atoms with Gasteiger partial charge in [0, 0.05) is 0 Å². The second kappa shape index (κ2) is 5.80. The van der Waals surface area contributed by atoms with Crippen molar-refractivity contribution < 1.29 is 0 Å². The summed E-state index contributed by atoms with van der Waals surface area (Å²) in [5, 5.41) is 0. The van der Waals surface area contributed by atoms with Gasteiger partial charge in [0.2, 0.25) is 0 Å². The van der Waals surface area contributed by atoms with Crippen molar-refractivity contribution in [3.05, 3.63) is 0 Å². The molecule has 0 radical (unpaired) electrons. The van der Waals surface area contributed by atoms with Gasteiger partial charge in [0.1, 0.15) is 0 Å². The zero-order valence-corrected chi connectivity index (χ0v) is 8.73. The van der Waals surface area contributed by atoms with Crippen LogP contribution >= 0.6 is 33.2 Å². The first-order valence-electron chi connectivity index (χ1n) is 2.63. The van der Waals surface area contributed by atoms with Gasteiger partial charge in [-0.3, -0.25) is 0 Å². The van der Waals surface area contributed by atoms with Crippen molar-refractivity contribution in [1.29, 1.82) is 0 Å². The quantitative estimate of drug-likeness (QED) is 0.558. The van der Waals surface area contributed by atoms with Crippen LogP contribution in [0.1, 0.15) is 19.8 Å². The Morgan fingerprint density at radius 2 is 1.67 bits per heavy atom. The van der Waals surface area contributed by atoms with Crippen molar-refractivity contribution >= 4 is 39.2 Å². The highest BCUT2D eigenvalue weighted by Gasteiger charge is 2.22. The first-order valence-corrected chi connectivity index (χ1v) is 7.87. The van der Waals surface area contributed by atoms with E-state index in [4.69, 9.17) is 33.2 Å². The fraction of sp³-hybridized carbons (Fsp3) is 1.00. The maximum Gasteiger partial charge on any atom is 0.341 e. The van der Waals surface area contributed by atoms with Gasteiger partial charge in [0.05, 0.1) is 0 Å². The standard InChI is InChI=1S/C4H9Cl3Si.H3N/c1-2-3-4-8(5,6)7;/h2-4H2,1H3;1H3. The number of rotatable bonds is 3. The Morgan fingerprint density at radius 3 is 1.78 bits per heavy atom. The molecule has 0 aliphatic carbocycles. The van der Waals surface area contributed by atoms with E-state index in [0.717, 1.165) is 18.9 Å². The number of unbranched alkanes of at least 4 members (excludes halogenated alkanes) is 1. The summed E-state index contributed by atoms with van der Waals surface area (Å²) in [7, 11) is 0. The van der Waals surface area contributed by atoms with E-state index in [0.29, 0.717) is 0 Å². The van der Waals surface area contributed by atoms with Crippen molar-refractivity contribution in [1.82, 2.24) is 6.15 Å². The molecule has 0 aromatic heterocycles. The van der Waals surface area contributed by atoms with Crippen LogP contribution in [0.2, 0.25) is 6.04 Å². The van der Waals surface area contributed by atoms with E-state index < -0.39 is 6.00 Å². The predicted molar refractivity (Wildman–Crippen MR) is 48.1 cm³/mol. The van der Waals surface area contributed by atoms with E-state index in [1.165, 1.54) is 0 Å². The molecule has 0 atom stereocenters. The molecule has 0 unspecified atom stereocenters. The molecule has 3 N–H and O–H groups in total. The molecule has 0 saturated heterocycles. The summed E-state index contributed by atoms with van der Waals surface area (Å²) >= 11 is 16.7. The van der Waals surface area contributed by atoms with E-state index in [2.05, 4.69) is 6.92 Å². The van der Waals surface area contributed by atoms with Crippen LogP contribution in [-0.4, -0.2) is 6.00 Å².